The third-order valence-corrected chi connectivity index (χ3v) is 5.87. The van der Waals surface area contributed by atoms with Crippen LogP contribution in [-0.4, -0.2) is 73.8 Å². The zero-order valence-corrected chi connectivity index (χ0v) is 16.8. The largest absolute Gasteiger partial charge is 0.383 e. The van der Waals surface area contributed by atoms with Crippen LogP contribution in [-0.2, 0) is 21.3 Å². The van der Waals surface area contributed by atoms with E-state index in [1.54, 1.807) is 14.2 Å². The highest BCUT2D eigenvalue weighted by atomic mass is 32.2. The Bertz CT molecular complexity index is 560. The lowest BCUT2D eigenvalue weighted by molar-refractivity contribution is 0.128. The van der Waals surface area contributed by atoms with Crippen LogP contribution in [0.1, 0.15) is 18.4 Å². The van der Waals surface area contributed by atoms with E-state index in [1.165, 1.54) is 0 Å². The number of guanidine groups is 1. The summed E-state index contributed by atoms with van der Waals surface area (Å²) in [7, 11) is 2.66. The van der Waals surface area contributed by atoms with Gasteiger partial charge in [0.05, 0.1) is 6.61 Å². The SMILES string of the molecule is CN=C(NCCS(=O)Cc1ccccc1)NC1CCN(CCOC)CC1. The Balaban J connectivity index is 1.63. The van der Waals surface area contributed by atoms with Gasteiger partial charge in [-0.15, -0.1) is 0 Å². The van der Waals surface area contributed by atoms with E-state index < -0.39 is 10.8 Å². The number of piperidine rings is 1. The predicted octanol–water partition coefficient (Wildman–Crippen LogP) is 1.21. The second-order valence-electron chi connectivity index (χ2n) is 6.53. The van der Waals surface area contributed by atoms with Crippen LogP contribution >= 0.6 is 0 Å². The maximum absolute atomic E-state index is 12.2. The van der Waals surface area contributed by atoms with Gasteiger partial charge < -0.3 is 20.3 Å². The van der Waals surface area contributed by atoms with Gasteiger partial charge in [0.2, 0.25) is 0 Å². The molecule has 0 saturated carbocycles. The molecule has 1 saturated heterocycles. The van der Waals surface area contributed by atoms with E-state index >= 15 is 0 Å². The zero-order chi connectivity index (χ0) is 18.6. The minimum atomic E-state index is -0.868. The fraction of sp³-hybridized carbons (Fsp3) is 0.632. The fourth-order valence-corrected chi connectivity index (χ4v) is 4.06. The molecule has 0 aliphatic carbocycles. The summed E-state index contributed by atoms with van der Waals surface area (Å²) < 4.78 is 17.3. The van der Waals surface area contributed by atoms with Crippen LogP contribution in [0.4, 0.5) is 0 Å². The molecule has 1 unspecified atom stereocenters. The number of nitrogens with one attached hydrogen (secondary N) is 2. The summed E-state index contributed by atoms with van der Waals surface area (Å²) in [4.78, 5) is 6.73. The number of rotatable bonds is 9. The number of likely N-dealkylation sites (tertiary alicyclic amines) is 1. The summed E-state index contributed by atoms with van der Waals surface area (Å²) in [6.07, 6.45) is 2.20. The Morgan fingerprint density at radius 2 is 2.04 bits per heavy atom. The van der Waals surface area contributed by atoms with Gasteiger partial charge in [0.25, 0.3) is 0 Å². The highest BCUT2D eigenvalue weighted by Gasteiger charge is 2.19. The molecule has 1 aromatic carbocycles. The van der Waals surface area contributed by atoms with Crippen LogP contribution in [0.2, 0.25) is 0 Å². The van der Waals surface area contributed by atoms with Crippen LogP contribution in [0.15, 0.2) is 35.3 Å². The van der Waals surface area contributed by atoms with E-state index in [2.05, 4.69) is 20.5 Å². The lowest BCUT2D eigenvalue weighted by Gasteiger charge is -2.32. The average molecular weight is 381 g/mol. The molecule has 1 fully saturated rings. The topological polar surface area (TPSA) is 66.0 Å². The first-order valence-electron chi connectivity index (χ1n) is 9.28. The minimum absolute atomic E-state index is 0.440. The predicted molar refractivity (Wildman–Crippen MR) is 109 cm³/mol. The lowest BCUT2D eigenvalue weighted by Crippen LogP contribution is -2.49. The molecule has 2 rings (SSSR count). The Morgan fingerprint density at radius 1 is 1.31 bits per heavy atom. The van der Waals surface area contributed by atoms with Crippen LogP contribution in [0.25, 0.3) is 0 Å². The zero-order valence-electron chi connectivity index (χ0n) is 15.9. The number of aliphatic imine (C=N–C) groups is 1. The van der Waals surface area contributed by atoms with Gasteiger partial charge in [-0.3, -0.25) is 9.20 Å². The Morgan fingerprint density at radius 3 is 2.69 bits per heavy atom. The second-order valence-corrected chi connectivity index (χ2v) is 8.10. The van der Waals surface area contributed by atoms with E-state index in [0.717, 1.165) is 50.6 Å². The third kappa shape index (κ3) is 7.85. The molecule has 1 aromatic rings. The lowest BCUT2D eigenvalue weighted by atomic mass is 10.1. The smallest absolute Gasteiger partial charge is 0.191 e. The maximum atomic E-state index is 12.2. The van der Waals surface area contributed by atoms with Crippen molar-refractivity contribution in [2.45, 2.75) is 24.6 Å². The van der Waals surface area contributed by atoms with Crippen molar-refractivity contribution < 1.29 is 8.95 Å². The molecule has 1 aliphatic rings. The van der Waals surface area contributed by atoms with Crippen molar-refractivity contribution in [1.82, 2.24) is 15.5 Å². The highest BCUT2D eigenvalue weighted by Crippen LogP contribution is 2.09. The first-order chi connectivity index (χ1) is 12.7. The molecule has 146 valence electrons. The number of hydrogen-bond donors (Lipinski definition) is 2. The summed E-state index contributed by atoms with van der Waals surface area (Å²) in [6.45, 7) is 4.62. The summed E-state index contributed by atoms with van der Waals surface area (Å²) in [5.41, 5.74) is 1.12. The first kappa shape index (κ1) is 20.9. The number of methoxy groups -OCH3 is 1. The fourth-order valence-electron chi connectivity index (χ4n) is 3.02. The molecule has 1 aliphatic heterocycles. The summed E-state index contributed by atoms with van der Waals surface area (Å²) >= 11 is 0. The summed E-state index contributed by atoms with van der Waals surface area (Å²) in [5.74, 6) is 2.02. The van der Waals surface area contributed by atoms with Crippen molar-refractivity contribution in [2.75, 3.05) is 52.7 Å². The molecule has 0 aromatic heterocycles. The Labute approximate surface area is 159 Å². The van der Waals surface area contributed by atoms with E-state index in [1.807, 2.05) is 30.3 Å². The molecule has 0 spiro atoms. The monoisotopic (exact) mass is 380 g/mol. The van der Waals surface area contributed by atoms with Crippen LogP contribution < -0.4 is 10.6 Å². The number of hydrogen-bond acceptors (Lipinski definition) is 4. The Hall–Kier alpha value is -1.44. The van der Waals surface area contributed by atoms with Gasteiger partial charge in [-0.25, -0.2) is 0 Å². The summed E-state index contributed by atoms with van der Waals surface area (Å²) in [6, 6.07) is 10.4. The molecule has 1 atom stereocenters. The van der Waals surface area contributed by atoms with E-state index in [9.17, 15) is 4.21 Å². The molecule has 7 heteroatoms. The van der Waals surface area contributed by atoms with Crippen molar-refractivity contribution in [2.24, 2.45) is 4.99 Å². The van der Waals surface area contributed by atoms with Gasteiger partial charge in [0.15, 0.2) is 5.96 Å². The van der Waals surface area contributed by atoms with Gasteiger partial charge in [0.1, 0.15) is 0 Å². The molecule has 1 heterocycles. The average Bonchev–Trinajstić information content (AvgIpc) is 2.67. The summed E-state index contributed by atoms with van der Waals surface area (Å²) in [5, 5.41) is 6.78. The van der Waals surface area contributed by atoms with Crippen LogP contribution in [0, 0.1) is 0 Å². The minimum Gasteiger partial charge on any atom is -0.383 e. The second kappa shape index (κ2) is 12.0. The molecule has 0 amide bonds. The van der Waals surface area contributed by atoms with Crippen molar-refractivity contribution >= 4 is 16.8 Å². The van der Waals surface area contributed by atoms with Crippen molar-refractivity contribution in [3.8, 4) is 0 Å². The van der Waals surface area contributed by atoms with E-state index in [-0.39, 0.29) is 0 Å². The number of ether oxygens (including phenoxy) is 1. The molecule has 6 nitrogen and oxygen atoms in total. The van der Waals surface area contributed by atoms with Gasteiger partial charge in [-0.1, -0.05) is 30.3 Å². The maximum Gasteiger partial charge on any atom is 0.191 e. The first-order valence-corrected chi connectivity index (χ1v) is 10.8. The molecule has 0 radical (unpaired) electrons. The molecule has 2 N–H and O–H groups in total. The molecular weight excluding hydrogens is 348 g/mol. The van der Waals surface area contributed by atoms with Gasteiger partial charge in [-0.2, -0.15) is 0 Å². The Kier molecular flexibility index (Phi) is 9.66. The number of nitrogens with zero attached hydrogens (tertiary/aromatic N) is 2. The highest BCUT2D eigenvalue weighted by molar-refractivity contribution is 7.84. The standard InChI is InChI=1S/C19H32N4O2S/c1-20-19(22-18-8-11-23(12-9-18)13-14-25-2)21-10-15-26(24)16-17-6-4-3-5-7-17/h3-7,18H,8-16H2,1-2H3,(H2,20,21,22). The normalized spacial score (nSPS) is 17.8. The molecular formula is C19H32N4O2S. The number of benzene rings is 1. The van der Waals surface area contributed by atoms with Gasteiger partial charge in [-0.05, 0) is 18.4 Å². The molecule has 0 bridgehead atoms. The van der Waals surface area contributed by atoms with Crippen LogP contribution in [0.3, 0.4) is 0 Å². The van der Waals surface area contributed by atoms with Gasteiger partial charge in [0, 0.05) is 68.7 Å². The van der Waals surface area contributed by atoms with Crippen molar-refractivity contribution in [1.29, 1.82) is 0 Å². The molecule has 26 heavy (non-hydrogen) atoms. The van der Waals surface area contributed by atoms with E-state index in [4.69, 9.17) is 4.74 Å². The van der Waals surface area contributed by atoms with Crippen molar-refractivity contribution in [3.63, 3.8) is 0 Å². The van der Waals surface area contributed by atoms with Gasteiger partial charge >= 0.3 is 0 Å². The third-order valence-electron chi connectivity index (χ3n) is 4.56. The van der Waals surface area contributed by atoms with Crippen molar-refractivity contribution in [3.05, 3.63) is 35.9 Å². The quantitative estimate of drug-likeness (QED) is 0.498. The van der Waals surface area contributed by atoms with Crippen LogP contribution in [0.5, 0.6) is 0 Å². The van der Waals surface area contributed by atoms with E-state index in [0.29, 0.717) is 24.1 Å².